The van der Waals surface area contributed by atoms with E-state index in [4.69, 9.17) is 37.9 Å². The molecule has 63 heavy (non-hydrogen) atoms. The molecule has 3 aliphatic carbocycles. The maximum absolute atomic E-state index is 15.7. The van der Waals surface area contributed by atoms with E-state index in [1.54, 1.807) is 73.6 Å². The maximum atomic E-state index is 15.7. The molecule has 18 nitrogen and oxygen atoms in total. The van der Waals surface area contributed by atoms with Crippen molar-refractivity contribution < 1.29 is 81.7 Å². The summed E-state index contributed by atoms with van der Waals surface area (Å²) < 4.78 is 48.9. The summed E-state index contributed by atoms with van der Waals surface area (Å²) in [6.07, 6.45) is -12.5. The minimum atomic E-state index is -2.37. The number of aliphatic hydroxyl groups excluding tert-OH is 2. The number of benzene rings is 1. The first-order valence-electron chi connectivity index (χ1n) is 21.4. The third-order valence-electron chi connectivity index (χ3n) is 14.0. The normalized spacial score (nSPS) is 37.3. The van der Waals surface area contributed by atoms with Crippen molar-refractivity contribution >= 4 is 41.9 Å². The van der Waals surface area contributed by atoms with Crippen LogP contribution in [0.5, 0.6) is 0 Å². The number of amides is 1. The fourth-order valence-electron chi connectivity index (χ4n) is 11.6. The molecule has 0 radical (unpaired) electrons. The van der Waals surface area contributed by atoms with E-state index in [0.29, 0.717) is 0 Å². The first kappa shape index (κ1) is 47.7. The van der Waals surface area contributed by atoms with Gasteiger partial charge in [0.05, 0.1) is 35.6 Å². The summed E-state index contributed by atoms with van der Waals surface area (Å²) in [5.74, 6) is -9.01. The van der Waals surface area contributed by atoms with Crippen molar-refractivity contribution in [1.82, 2.24) is 5.32 Å². The van der Waals surface area contributed by atoms with E-state index in [0.717, 1.165) is 13.8 Å². The van der Waals surface area contributed by atoms with E-state index in [1.807, 2.05) is 0 Å². The number of ether oxygens (including phenoxy) is 8. The van der Waals surface area contributed by atoms with Crippen LogP contribution in [0.4, 0.5) is 9.59 Å². The molecule has 2 bridgehead atoms. The lowest BCUT2D eigenvalue weighted by Crippen LogP contribution is -2.87. The summed E-state index contributed by atoms with van der Waals surface area (Å²) >= 11 is 0. The van der Waals surface area contributed by atoms with E-state index in [9.17, 15) is 39.0 Å². The summed E-state index contributed by atoms with van der Waals surface area (Å²) in [5, 5.41) is 26.5. The van der Waals surface area contributed by atoms with Crippen molar-refractivity contribution in [3.8, 4) is 0 Å². The first-order chi connectivity index (χ1) is 29.1. The van der Waals surface area contributed by atoms with Crippen LogP contribution in [0.1, 0.15) is 106 Å². The van der Waals surface area contributed by atoms with Crippen LogP contribution >= 0.6 is 0 Å². The number of carbonyl (C=O) groups excluding carboxylic acids is 7. The van der Waals surface area contributed by atoms with Crippen LogP contribution in [-0.4, -0.2) is 124 Å². The van der Waals surface area contributed by atoms with Gasteiger partial charge in [0, 0.05) is 37.5 Å². The van der Waals surface area contributed by atoms with Gasteiger partial charge in [-0.2, -0.15) is 0 Å². The molecule has 348 valence electrons. The highest BCUT2D eigenvalue weighted by Crippen LogP contribution is 2.70. The number of nitrogens with one attached hydrogen (secondary N) is 1. The molecule has 1 amide bonds. The van der Waals surface area contributed by atoms with E-state index in [2.05, 4.69) is 5.32 Å². The van der Waals surface area contributed by atoms with E-state index in [-0.39, 0.29) is 30.9 Å². The third-order valence-corrected chi connectivity index (χ3v) is 14.0. The number of alkyl carbamates (subject to hydrolysis) is 1. The molecule has 6 rings (SSSR count). The molecule has 1 aromatic carbocycles. The van der Waals surface area contributed by atoms with Crippen molar-refractivity contribution in [1.29, 1.82) is 0 Å². The van der Waals surface area contributed by atoms with Crippen molar-refractivity contribution in [3.63, 3.8) is 0 Å². The summed E-state index contributed by atoms with van der Waals surface area (Å²) in [7, 11) is 0. The molecule has 5 aliphatic rings. The molecule has 3 saturated carbocycles. The van der Waals surface area contributed by atoms with Gasteiger partial charge in [0.2, 0.25) is 5.60 Å². The zero-order chi connectivity index (χ0) is 47.0. The van der Waals surface area contributed by atoms with E-state index in [1.165, 1.54) is 26.0 Å². The lowest BCUT2D eigenvalue weighted by molar-refractivity contribution is -0.364. The van der Waals surface area contributed by atoms with Gasteiger partial charge in [-0.05, 0) is 59.1 Å². The quantitative estimate of drug-likeness (QED) is 0.222. The molecule has 2 saturated heterocycles. The zero-order valence-corrected chi connectivity index (χ0v) is 37.9. The van der Waals surface area contributed by atoms with Gasteiger partial charge in [0.1, 0.15) is 17.8 Å². The number of ketones is 1. The fourth-order valence-corrected chi connectivity index (χ4v) is 11.6. The van der Waals surface area contributed by atoms with Crippen LogP contribution in [0.2, 0.25) is 0 Å². The first-order valence-corrected chi connectivity index (χ1v) is 21.4. The average Bonchev–Trinajstić information content (AvgIpc) is 3.45. The van der Waals surface area contributed by atoms with Crippen LogP contribution in [0, 0.1) is 34.5 Å². The van der Waals surface area contributed by atoms with Gasteiger partial charge >= 0.3 is 36.1 Å². The van der Waals surface area contributed by atoms with Gasteiger partial charge in [-0.25, -0.2) is 19.2 Å². The van der Waals surface area contributed by atoms with Crippen molar-refractivity contribution in [2.45, 2.75) is 161 Å². The van der Waals surface area contributed by atoms with Gasteiger partial charge in [-0.15, -0.1) is 0 Å². The predicted molar refractivity (Wildman–Crippen MR) is 216 cm³/mol. The highest BCUT2D eigenvalue weighted by Gasteiger charge is 2.88. The van der Waals surface area contributed by atoms with Crippen LogP contribution in [0.3, 0.4) is 0 Å². The van der Waals surface area contributed by atoms with Crippen LogP contribution in [0.25, 0.3) is 0 Å². The number of hydrogen-bond donors (Lipinski definition) is 3. The number of carbonyl (C=O) groups is 7. The van der Waals surface area contributed by atoms with Gasteiger partial charge in [-0.3, -0.25) is 14.4 Å². The summed E-state index contributed by atoms with van der Waals surface area (Å²) in [6.45, 7) is 18.0. The lowest BCUT2D eigenvalue weighted by atomic mass is 9.39. The van der Waals surface area contributed by atoms with E-state index >= 15 is 4.79 Å². The summed E-state index contributed by atoms with van der Waals surface area (Å²) in [6, 6.07) is 6.52. The Hall–Kier alpha value is -4.81. The molecule has 18 heteroatoms. The standard InChI is InChI=1S/C45H61NO17/c1-21(2)18-26(46-38(54)61-40(6,7)8)30(50)37(53)58-34-22(3)29-31(57-23(4)47)33(51)42(11)27(49)19-28-44(20-56-28,60-24(5)48)32(42)35(59-36(52)25-16-14-13-15-17-25)45(41(29,9)10)43(34,12)62-39(55)63-45/h13-17,21-22,26-32,34-35,49-50H,18-20H2,1-12H3,(H,46,54)/t22?,26-,27-,28+,29?,30+,31+,32-,34+,35-,42+,43+,44-,45+/m0/s1. The highest BCUT2D eigenvalue weighted by molar-refractivity contribution is 5.93. The Morgan fingerprint density at radius 1 is 0.921 bits per heavy atom. The predicted octanol–water partition coefficient (Wildman–Crippen LogP) is 3.98. The average molecular weight is 888 g/mol. The van der Waals surface area contributed by atoms with Crippen molar-refractivity contribution in [2.24, 2.45) is 34.5 Å². The Labute approximate surface area is 366 Å². The van der Waals surface area contributed by atoms with Crippen LogP contribution < -0.4 is 5.32 Å². The number of fused-ring (bicyclic) bond motifs is 4. The highest BCUT2D eigenvalue weighted by atomic mass is 16.8. The molecule has 3 N–H and O–H groups in total. The molecule has 0 aromatic heterocycles. The molecule has 2 heterocycles. The molecular weight excluding hydrogens is 826 g/mol. The van der Waals surface area contributed by atoms with Gasteiger partial charge in [-0.1, -0.05) is 52.8 Å². The number of rotatable bonds is 10. The SMILES string of the molecule is CC(=O)O[C@H]1C(=O)[C@@]2(C)[C@H]([C@H](OC(=O)c3ccccc3)[C@]34OC(=O)O[C@]3(C)[C@H](OC(=O)[C@H](O)[C@H](CC(C)C)NC(=O)OC(C)(C)C)C(C)C1C4(C)C)[C@]1(OC(C)=O)CO[C@@H]1C[C@@H]2O. The second-order valence-corrected chi connectivity index (χ2v) is 20.0. The van der Waals surface area contributed by atoms with Crippen LogP contribution in [-0.2, 0) is 57.1 Å². The molecule has 14 atom stereocenters. The monoisotopic (exact) mass is 887 g/mol. The molecule has 5 fully saturated rings. The Morgan fingerprint density at radius 3 is 2.10 bits per heavy atom. The largest absolute Gasteiger partial charge is 0.509 e. The summed E-state index contributed by atoms with van der Waals surface area (Å²) in [4.78, 5) is 98.1. The van der Waals surface area contributed by atoms with Crippen molar-refractivity contribution in [2.75, 3.05) is 6.61 Å². The van der Waals surface area contributed by atoms with Gasteiger partial charge in [0.25, 0.3) is 0 Å². The fraction of sp³-hybridized carbons (Fsp3) is 0.711. The second kappa shape index (κ2) is 16.3. The Morgan fingerprint density at radius 2 is 1.56 bits per heavy atom. The minimum absolute atomic E-state index is 0.0337. The smallest absolute Gasteiger partial charge is 0.456 e. The number of hydrogen-bond acceptors (Lipinski definition) is 17. The van der Waals surface area contributed by atoms with E-state index < -0.39 is 136 Å². The second-order valence-electron chi connectivity index (χ2n) is 20.0. The molecule has 2 aliphatic heterocycles. The topological polar surface area (TPSA) is 246 Å². The van der Waals surface area contributed by atoms with Crippen LogP contribution in [0.15, 0.2) is 30.3 Å². The van der Waals surface area contributed by atoms with Gasteiger partial charge < -0.3 is 53.4 Å². The third kappa shape index (κ3) is 7.62. The zero-order valence-electron chi connectivity index (χ0n) is 37.9. The Balaban J connectivity index is 1.62. The number of esters is 4. The molecule has 2 unspecified atom stereocenters. The maximum Gasteiger partial charge on any atom is 0.509 e. The molecule has 1 spiro atoms. The Kier molecular flexibility index (Phi) is 12.3. The summed E-state index contributed by atoms with van der Waals surface area (Å²) in [5.41, 5.74) is -11.1. The molecule has 1 aromatic rings. The minimum Gasteiger partial charge on any atom is -0.456 e. The van der Waals surface area contributed by atoms with Crippen molar-refractivity contribution in [3.05, 3.63) is 35.9 Å². The number of aliphatic hydroxyl groups is 2. The molecular formula is C45H61NO17. The van der Waals surface area contributed by atoms with Gasteiger partial charge in [0.15, 0.2) is 35.3 Å². The lowest BCUT2D eigenvalue weighted by Gasteiger charge is -2.70. The number of Topliss-reactive ketones (excluding diaryl/α,β-unsaturated/α-hetero) is 1. The Bertz CT molecular complexity index is 2010.